The molecule has 0 radical (unpaired) electrons. The molecule has 4 heteroatoms. The van der Waals surface area contributed by atoms with Crippen LogP contribution < -0.4 is 0 Å². The summed E-state index contributed by atoms with van der Waals surface area (Å²) in [7, 11) is 0. The molecule has 0 aliphatic heterocycles. The van der Waals surface area contributed by atoms with Crippen LogP contribution in [0, 0.1) is 0 Å². The van der Waals surface area contributed by atoms with Gasteiger partial charge in [0.25, 0.3) is 0 Å². The number of hydrogen-bond acceptors (Lipinski definition) is 1. The summed E-state index contributed by atoms with van der Waals surface area (Å²) in [5.74, 6) is 0. The highest BCUT2D eigenvalue weighted by molar-refractivity contribution is 9.39. The molecule has 0 saturated heterocycles. The summed E-state index contributed by atoms with van der Waals surface area (Å²) < 4.78 is 5.06. The topological polar surface area (TPSA) is 9.23 Å². The summed E-state index contributed by atoms with van der Waals surface area (Å²) in [5, 5.41) is 0. The fourth-order valence-electron chi connectivity index (χ4n) is 0.434. The fraction of sp³-hybridized carbons (Fsp3) is 1.00. The number of halogens is 3. The van der Waals surface area contributed by atoms with Crippen LogP contribution in [0.2, 0.25) is 0 Å². The summed E-state index contributed by atoms with van der Waals surface area (Å²) in [6.45, 7) is 3.61. The lowest BCUT2D eigenvalue weighted by molar-refractivity contribution is 0.141. The Morgan fingerprint density at radius 1 is 1.30 bits per heavy atom. The van der Waals surface area contributed by atoms with Gasteiger partial charge in [0.1, 0.15) is 0 Å². The highest BCUT2D eigenvalue weighted by Crippen LogP contribution is 2.33. The van der Waals surface area contributed by atoms with Crippen LogP contribution in [0.15, 0.2) is 0 Å². The van der Waals surface area contributed by atoms with Gasteiger partial charge in [0.05, 0.1) is 6.61 Å². The number of rotatable bonds is 4. The molecule has 0 unspecified atom stereocenters. The molecule has 0 amide bonds. The van der Waals surface area contributed by atoms with Crippen molar-refractivity contribution in [2.75, 3.05) is 13.2 Å². The van der Waals surface area contributed by atoms with Gasteiger partial charge in [-0.1, -0.05) is 61.1 Å². The lowest BCUT2D eigenvalue weighted by atomic mass is 10.4. The van der Waals surface area contributed by atoms with Gasteiger partial charge < -0.3 is 4.74 Å². The van der Waals surface area contributed by atoms with E-state index in [-0.39, 0.29) is 2.14 Å². The Labute approximate surface area is 87.3 Å². The van der Waals surface area contributed by atoms with Gasteiger partial charge in [0.15, 0.2) is 2.14 Å². The van der Waals surface area contributed by atoms with Gasteiger partial charge in [0, 0.05) is 6.61 Å². The third kappa shape index (κ3) is 9.40. The molecular weight excluding hydrogens is 328 g/mol. The molecule has 0 aromatic heterocycles. The summed E-state index contributed by atoms with van der Waals surface area (Å²) in [6, 6.07) is 0. The van der Waals surface area contributed by atoms with Gasteiger partial charge >= 0.3 is 0 Å². The van der Waals surface area contributed by atoms with E-state index in [2.05, 4.69) is 54.7 Å². The minimum atomic E-state index is -0.235. The van der Waals surface area contributed by atoms with Gasteiger partial charge in [-0.15, -0.1) is 0 Å². The van der Waals surface area contributed by atoms with E-state index in [4.69, 9.17) is 4.74 Å². The first-order valence-electron chi connectivity index (χ1n) is 3.20. The Bertz CT molecular complexity index is 79.6. The minimum Gasteiger partial charge on any atom is -0.378 e. The molecule has 1 nitrogen and oxygen atoms in total. The Morgan fingerprint density at radius 2 is 1.90 bits per heavy atom. The summed E-state index contributed by atoms with van der Waals surface area (Å²) >= 11 is 10.0. The van der Waals surface area contributed by atoms with E-state index in [9.17, 15) is 0 Å². The number of alkyl halides is 3. The minimum absolute atomic E-state index is 0.235. The maximum atomic E-state index is 5.30. The molecule has 0 aromatic rings. The first kappa shape index (κ1) is 11.4. The molecular formula is C6H11Br3O. The molecule has 0 atom stereocenters. The largest absolute Gasteiger partial charge is 0.378 e. The maximum Gasteiger partial charge on any atom is 0.158 e. The standard InChI is InChI=1S/C6H11Br3O/c1-2-3-4-10-5-6(7,8)9/h2-5H2,1H3. The molecule has 0 fully saturated rings. The smallest absolute Gasteiger partial charge is 0.158 e. The lowest BCUT2D eigenvalue weighted by Gasteiger charge is -2.11. The van der Waals surface area contributed by atoms with Crippen LogP contribution in [-0.2, 0) is 4.74 Å². The SMILES string of the molecule is CCCCOCC(Br)(Br)Br. The lowest BCUT2D eigenvalue weighted by Crippen LogP contribution is -2.11. The normalized spacial score (nSPS) is 12.0. The monoisotopic (exact) mass is 336 g/mol. The van der Waals surface area contributed by atoms with Gasteiger partial charge in [-0.05, 0) is 6.42 Å². The predicted octanol–water partition coefficient (Wildman–Crippen LogP) is 3.64. The van der Waals surface area contributed by atoms with Crippen LogP contribution >= 0.6 is 47.8 Å². The zero-order valence-corrected chi connectivity index (χ0v) is 10.6. The van der Waals surface area contributed by atoms with E-state index in [0.29, 0.717) is 6.61 Å². The molecule has 0 N–H and O–H groups in total. The van der Waals surface area contributed by atoms with Gasteiger partial charge in [-0.2, -0.15) is 0 Å². The maximum absolute atomic E-state index is 5.30. The summed E-state index contributed by atoms with van der Waals surface area (Å²) in [6.07, 6.45) is 2.31. The molecule has 0 aliphatic carbocycles. The van der Waals surface area contributed by atoms with Gasteiger partial charge in [0.2, 0.25) is 0 Å². The molecule has 0 aliphatic rings. The van der Waals surface area contributed by atoms with Crippen molar-refractivity contribution in [3.8, 4) is 0 Å². The Hall–Kier alpha value is 1.40. The first-order valence-corrected chi connectivity index (χ1v) is 5.58. The third-order valence-corrected chi connectivity index (χ3v) is 1.59. The Kier molecular flexibility index (Phi) is 6.81. The van der Waals surface area contributed by atoms with Crippen molar-refractivity contribution in [2.24, 2.45) is 0 Å². The zero-order valence-electron chi connectivity index (χ0n) is 5.87. The highest BCUT2D eigenvalue weighted by atomic mass is 80.0. The average Bonchev–Trinajstić information content (AvgIpc) is 1.78. The van der Waals surface area contributed by atoms with E-state index in [0.717, 1.165) is 13.0 Å². The second-order valence-corrected chi connectivity index (χ2v) is 9.27. The van der Waals surface area contributed by atoms with Crippen molar-refractivity contribution < 1.29 is 4.74 Å². The van der Waals surface area contributed by atoms with Crippen LogP contribution in [0.5, 0.6) is 0 Å². The van der Waals surface area contributed by atoms with Crippen LogP contribution in [0.3, 0.4) is 0 Å². The van der Waals surface area contributed by atoms with E-state index in [1.807, 2.05) is 0 Å². The highest BCUT2D eigenvalue weighted by Gasteiger charge is 2.16. The molecule has 10 heavy (non-hydrogen) atoms. The molecule has 0 aromatic carbocycles. The predicted molar refractivity (Wildman–Crippen MR) is 55.2 cm³/mol. The second-order valence-electron chi connectivity index (χ2n) is 2.02. The zero-order chi connectivity index (χ0) is 8.04. The fourth-order valence-corrected chi connectivity index (χ4v) is 0.920. The third-order valence-electron chi connectivity index (χ3n) is 0.908. The van der Waals surface area contributed by atoms with Crippen molar-refractivity contribution >= 4 is 47.8 Å². The molecule has 0 rings (SSSR count). The number of ether oxygens (including phenoxy) is 1. The van der Waals surface area contributed by atoms with Crippen LogP contribution in [0.1, 0.15) is 19.8 Å². The Morgan fingerprint density at radius 3 is 2.30 bits per heavy atom. The molecule has 0 heterocycles. The van der Waals surface area contributed by atoms with Gasteiger partial charge in [-0.3, -0.25) is 0 Å². The van der Waals surface area contributed by atoms with Crippen molar-refractivity contribution in [1.29, 1.82) is 0 Å². The summed E-state index contributed by atoms with van der Waals surface area (Å²) in [4.78, 5) is 0. The van der Waals surface area contributed by atoms with Crippen LogP contribution in [-0.4, -0.2) is 15.4 Å². The molecule has 0 spiro atoms. The quantitative estimate of drug-likeness (QED) is 0.561. The molecule has 0 bridgehead atoms. The van der Waals surface area contributed by atoms with E-state index >= 15 is 0 Å². The van der Waals surface area contributed by atoms with Crippen molar-refractivity contribution in [3.63, 3.8) is 0 Å². The van der Waals surface area contributed by atoms with Crippen LogP contribution in [0.4, 0.5) is 0 Å². The molecule has 0 saturated carbocycles. The Balaban J connectivity index is 3.04. The van der Waals surface area contributed by atoms with E-state index < -0.39 is 0 Å². The van der Waals surface area contributed by atoms with Crippen LogP contribution in [0.25, 0.3) is 0 Å². The van der Waals surface area contributed by atoms with E-state index in [1.165, 1.54) is 6.42 Å². The van der Waals surface area contributed by atoms with Gasteiger partial charge in [-0.25, -0.2) is 0 Å². The van der Waals surface area contributed by atoms with Crippen molar-refractivity contribution in [1.82, 2.24) is 0 Å². The van der Waals surface area contributed by atoms with Crippen molar-refractivity contribution in [2.45, 2.75) is 21.9 Å². The first-order chi connectivity index (χ1) is 4.56. The molecule has 62 valence electrons. The van der Waals surface area contributed by atoms with E-state index in [1.54, 1.807) is 0 Å². The summed E-state index contributed by atoms with van der Waals surface area (Å²) in [5.41, 5.74) is 0. The van der Waals surface area contributed by atoms with Crippen molar-refractivity contribution in [3.05, 3.63) is 0 Å². The average molecular weight is 339 g/mol. The number of hydrogen-bond donors (Lipinski definition) is 0. The second kappa shape index (κ2) is 5.98. The number of unbranched alkanes of at least 4 members (excludes halogenated alkanes) is 1.